The Morgan fingerprint density at radius 1 is 1.53 bits per heavy atom. The van der Waals surface area contributed by atoms with Crippen molar-refractivity contribution >= 4 is 5.91 Å². The summed E-state index contributed by atoms with van der Waals surface area (Å²) in [5.74, 6) is 0.0591. The van der Waals surface area contributed by atoms with E-state index in [4.69, 9.17) is 5.26 Å². The molecule has 0 aliphatic rings. The second-order valence-electron chi connectivity index (χ2n) is 3.85. The third kappa shape index (κ3) is 7.95. The molecule has 0 spiro atoms. The van der Waals surface area contributed by atoms with Crippen LogP contribution in [0.25, 0.3) is 0 Å². The smallest absolute Gasteiger partial charge is 0.234 e. The van der Waals surface area contributed by atoms with Crippen molar-refractivity contribution in [3.63, 3.8) is 0 Å². The Kier molecular flexibility index (Phi) is 7.65. The molecule has 86 valence electrons. The van der Waals surface area contributed by atoms with Crippen molar-refractivity contribution in [3.8, 4) is 6.07 Å². The van der Waals surface area contributed by atoms with Gasteiger partial charge in [0, 0.05) is 12.5 Å². The number of nitrogens with one attached hydrogen (secondary N) is 1. The van der Waals surface area contributed by atoms with Crippen molar-refractivity contribution in [3.05, 3.63) is 0 Å². The molecule has 0 bridgehead atoms. The Morgan fingerprint density at radius 3 is 2.67 bits per heavy atom. The Bertz CT molecular complexity index is 220. The quantitative estimate of drug-likeness (QED) is 0.642. The molecule has 0 radical (unpaired) electrons. The Labute approximate surface area is 92.3 Å². The van der Waals surface area contributed by atoms with Crippen molar-refractivity contribution in [1.82, 2.24) is 10.2 Å². The number of nitrogens with zero attached hydrogens (tertiary/aromatic N) is 2. The maximum Gasteiger partial charge on any atom is 0.234 e. The summed E-state index contributed by atoms with van der Waals surface area (Å²) < 4.78 is 0. The number of amides is 1. The van der Waals surface area contributed by atoms with Crippen molar-refractivity contribution in [2.75, 3.05) is 19.6 Å². The molecule has 1 N–H and O–H groups in total. The van der Waals surface area contributed by atoms with Gasteiger partial charge in [-0.2, -0.15) is 5.26 Å². The summed E-state index contributed by atoms with van der Waals surface area (Å²) in [4.78, 5) is 13.5. The van der Waals surface area contributed by atoms with Gasteiger partial charge in [0.1, 0.15) is 0 Å². The largest absolute Gasteiger partial charge is 0.353 e. The number of carbonyl (C=O) groups excluding carboxylic acids is 1. The highest BCUT2D eigenvalue weighted by molar-refractivity contribution is 5.78. The monoisotopic (exact) mass is 211 g/mol. The zero-order chi connectivity index (χ0) is 11.7. The van der Waals surface area contributed by atoms with E-state index in [1.807, 2.05) is 20.8 Å². The van der Waals surface area contributed by atoms with E-state index in [9.17, 15) is 4.79 Å². The minimum absolute atomic E-state index is 0.0591. The van der Waals surface area contributed by atoms with Crippen LogP contribution in [0, 0.1) is 11.3 Å². The molecular weight excluding hydrogens is 190 g/mol. The molecule has 0 fully saturated rings. The number of unbranched alkanes of at least 4 members (excludes halogenated alkanes) is 1. The van der Waals surface area contributed by atoms with Crippen molar-refractivity contribution < 1.29 is 4.79 Å². The number of hydrogen-bond donors (Lipinski definition) is 1. The number of nitriles is 1. The summed E-state index contributed by atoms with van der Waals surface area (Å²) in [6.07, 6.45) is 1.39. The molecule has 0 aliphatic heterocycles. The maximum atomic E-state index is 11.4. The van der Waals surface area contributed by atoms with Gasteiger partial charge in [-0.1, -0.05) is 6.92 Å². The molecule has 0 rings (SSSR count). The first kappa shape index (κ1) is 13.9. The highest BCUT2D eigenvalue weighted by Crippen LogP contribution is 1.94. The third-order valence-corrected chi connectivity index (χ3v) is 2.03. The van der Waals surface area contributed by atoms with Crippen LogP contribution in [0.5, 0.6) is 0 Å². The summed E-state index contributed by atoms with van der Waals surface area (Å²) in [5, 5.41) is 11.3. The van der Waals surface area contributed by atoms with E-state index >= 15 is 0 Å². The molecule has 0 aromatic heterocycles. The molecular formula is C11H21N3O. The first-order chi connectivity index (χ1) is 7.10. The van der Waals surface area contributed by atoms with E-state index < -0.39 is 0 Å². The zero-order valence-corrected chi connectivity index (χ0v) is 9.92. The maximum absolute atomic E-state index is 11.4. The molecule has 1 amide bonds. The van der Waals surface area contributed by atoms with E-state index in [2.05, 4.69) is 16.3 Å². The van der Waals surface area contributed by atoms with Gasteiger partial charge >= 0.3 is 0 Å². The summed E-state index contributed by atoms with van der Waals surface area (Å²) in [6.45, 7) is 8.01. The van der Waals surface area contributed by atoms with E-state index in [1.165, 1.54) is 0 Å². The lowest BCUT2D eigenvalue weighted by atomic mass is 10.3. The predicted octanol–water partition coefficient (Wildman–Crippen LogP) is 1.14. The molecule has 0 aromatic rings. The highest BCUT2D eigenvalue weighted by atomic mass is 16.2. The van der Waals surface area contributed by atoms with Crippen LogP contribution >= 0.6 is 0 Å². The first-order valence-corrected chi connectivity index (χ1v) is 5.48. The van der Waals surface area contributed by atoms with Gasteiger partial charge in [0.15, 0.2) is 0 Å². The zero-order valence-electron chi connectivity index (χ0n) is 9.92. The predicted molar refractivity (Wildman–Crippen MR) is 60.2 cm³/mol. The topological polar surface area (TPSA) is 56.1 Å². The summed E-state index contributed by atoms with van der Waals surface area (Å²) >= 11 is 0. The number of carbonyl (C=O) groups is 1. The summed E-state index contributed by atoms with van der Waals surface area (Å²) in [5.41, 5.74) is 0. The van der Waals surface area contributed by atoms with Gasteiger partial charge in [-0.15, -0.1) is 0 Å². The highest BCUT2D eigenvalue weighted by Gasteiger charge is 2.08. The fourth-order valence-corrected chi connectivity index (χ4v) is 1.30. The van der Waals surface area contributed by atoms with Gasteiger partial charge in [-0.05, 0) is 33.4 Å². The molecule has 0 heterocycles. The lowest BCUT2D eigenvalue weighted by Gasteiger charge is -2.19. The molecule has 4 heteroatoms. The number of likely N-dealkylation sites (N-methyl/N-ethyl adjacent to an activating group) is 1. The van der Waals surface area contributed by atoms with Crippen LogP contribution < -0.4 is 5.32 Å². The van der Waals surface area contributed by atoms with Gasteiger partial charge < -0.3 is 5.32 Å². The van der Waals surface area contributed by atoms with Crippen molar-refractivity contribution in [1.29, 1.82) is 5.26 Å². The van der Waals surface area contributed by atoms with Crippen LogP contribution in [-0.4, -0.2) is 36.5 Å². The summed E-state index contributed by atoms with van der Waals surface area (Å²) in [7, 11) is 0. The molecule has 4 nitrogen and oxygen atoms in total. The van der Waals surface area contributed by atoms with Crippen LogP contribution in [0.2, 0.25) is 0 Å². The first-order valence-electron chi connectivity index (χ1n) is 5.48. The van der Waals surface area contributed by atoms with Gasteiger partial charge in [-0.3, -0.25) is 9.69 Å². The van der Waals surface area contributed by atoms with E-state index in [0.717, 1.165) is 19.5 Å². The SMILES string of the molecule is CCN(CCCC#N)CC(=O)NC(C)C. The Hall–Kier alpha value is -1.08. The van der Waals surface area contributed by atoms with Crippen LogP contribution in [0.4, 0.5) is 0 Å². The lowest BCUT2D eigenvalue weighted by Crippen LogP contribution is -2.40. The van der Waals surface area contributed by atoms with E-state index in [0.29, 0.717) is 13.0 Å². The molecule has 15 heavy (non-hydrogen) atoms. The van der Waals surface area contributed by atoms with E-state index in [1.54, 1.807) is 0 Å². The minimum Gasteiger partial charge on any atom is -0.353 e. The fraction of sp³-hybridized carbons (Fsp3) is 0.818. The van der Waals surface area contributed by atoms with Gasteiger partial charge in [0.25, 0.3) is 0 Å². The van der Waals surface area contributed by atoms with Crippen molar-refractivity contribution in [2.24, 2.45) is 0 Å². The number of rotatable bonds is 7. The Balaban J connectivity index is 3.78. The van der Waals surface area contributed by atoms with Crippen LogP contribution in [0.15, 0.2) is 0 Å². The second kappa shape index (κ2) is 8.25. The lowest BCUT2D eigenvalue weighted by molar-refractivity contribution is -0.122. The normalized spacial score (nSPS) is 10.4. The van der Waals surface area contributed by atoms with Gasteiger partial charge in [0.2, 0.25) is 5.91 Å². The van der Waals surface area contributed by atoms with Crippen LogP contribution in [-0.2, 0) is 4.79 Å². The van der Waals surface area contributed by atoms with Gasteiger partial charge in [-0.25, -0.2) is 0 Å². The molecule has 0 atom stereocenters. The minimum atomic E-state index is 0.0591. The van der Waals surface area contributed by atoms with E-state index in [-0.39, 0.29) is 11.9 Å². The number of hydrogen-bond acceptors (Lipinski definition) is 3. The molecule has 0 saturated carbocycles. The second-order valence-corrected chi connectivity index (χ2v) is 3.85. The van der Waals surface area contributed by atoms with Gasteiger partial charge in [0.05, 0.1) is 12.6 Å². The fourth-order valence-electron chi connectivity index (χ4n) is 1.30. The van der Waals surface area contributed by atoms with Crippen LogP contribution in [0.3, 0.4) is 0 Å². The average molecular weight is 211 g/mol. The summed E-state index contributed by atoms with van der Waals surface area (Å²) in [6, 6.07) is 2.30. The third-order valence-electron chi connectivity index (χ3n) is 2.03. The Morgan fingerprint density at radius 2 is 2.20 bits per heavy atom. The molecule has 0 aliphatic carbocycles. The molecule has 0 aromatic carbocycles. The van der Waals surface area contributed by atoms with Crippen molar-refractivity contribution in [2.45, 2.75) is 39.7 Å². The molecule has 0 unspecified atom stereocenters. The average Bonchev–Trinajstić information content (AvgIpc) is 2.15. The molecule has 0 saturated heterocycles. The standard InChI is InChI=1S/C11H21N3O/c1-4-14(8-6-5-7-12)9-11(15)13-10(2)3/h10H,4-6,8-9H2,1-3H3,(H,13,15). The van der Waals surface area contributed by atoms with Crippen LogP contribution in [0.1, 0.15) is 33.6 Å².